The lowest BCUT2D eigenvalue weighted by atomic mass is 9.90. The third-order valence-electron chi connectivity index (χ3n) is 9.63. The van der Waals surface area contributed by atoms with Gasteiger partial charge in [0.25, 0.3) is 5.91 Å². The van der Waals surface area contributed by atoms with E-state index < -0.39 is 72.4 Å². The van der Waals surface area contributed by atoms with E-state index in [4.69, 9.17) is 4.74 Å². The first kappa shape index (κ1) is 39.0. The van der Waals surface area contributed by atoms with Crippen LogP contribution in [0.5, 0.6) is 5.75 Å². The first-order valence-corrected chi connectivity index (χ1v) is 18.3. The monoisotopic (exact) mass is 756 g/mol. The van der Waals surface area contributed by atoms with E-state index >= 15 is 0 Å². The molecule has 2 aliphatic heterocycles. The molecule has 286 valence electrons. The van der Waals surface area contributed by atoms with Gasteiger partial charge in [0.15, 0.2) is 12.4 Å². The molecule has 7 rings (SSSR count). The van der Waals surface area contributed by atoms with E-state index in [9.17, 15) is 33.5 Å². The molecule has 4 atom stereocenters. The lowest BCUT2D eigenvalue weighted by Gasteiger charge is -2.26. The molecule has 11 nitrogen and oxygen atoms in total. The number of hydrogen-bond donors (Lipinski definition) is 4. The van der Waals surface area contributed by atoms with Crippen molar-refractivity contribution in [3.63, 3.8) is 0 Å². The van der Waals surface area contributed by atoms with E-state index in [-0.39, 0.29) is 31.2 Å². The zero-order valence-corrected chi connectivity index (χ0v) is 30.4. The van der Waals surface area contributed by atoms with Crippen LogP contribution in [0.15, 0.2) is 128 Å². The van der Waals surface area contributed by atoms with Crippen LogP contribution in [-0.2, 0) is 49.7 Å². The Bertz CT molecular complexity index is 2150. The summed E-state index contributed by atoms with van der Waals surface area (Å²) in [6, 6.07) is 29.0. The lowest BCUT2D eigenvalue weighted by Crippen LogP contribution is -2.57. The van der Waals surface area contributed by atoms with Gasteiger partial charge in [-0.15, -0.1) is 0 Å². The van der Waals surface area contributed by atoms with E-state index in [0.29, 0.717) is 22.4 Å². The number of hydrogen-bond acceptors (Lipinski definition) is 7. The number of fused-ring (bicyclic) bond motifs is 16. The van der Waals surface area contributed by atoms with Crippen LogP contribution in [0.4, 0.5) is 4.39 Å². The molecule has 2 aliphatic rings. The first-order chi connectivity index (χ1) is 27.1. The topological polar surface area (TPSA) is 164 Å². The van der Waals surface area contributed by atoms with Gasteiger partial charge in [0, 0.05) is 38.1 Å². The van der Waals surface area contributed by atoms with Gasteiger partial charge >= 0.3 is 5.97 Å². The Morgan fingerprint density at radius 3 is 1.91 bits per heavy atom. The second-order valence-electron chi connectivity index (χ2n) is 13.7. The molecule has 0 saturated carbocycles. The molecule has 4 aromatic carbocycles. The second-order valence-corrected chi connectivity index (χ2v) is 13.7. The van der Waals surface area contributed by atoms with E-state index in [1.54, 1.807) is 54.9 Å². The molecule has 1 aromatic heterocycles. The number of amides is 3. The number of halogens is 1. The van der Waals surface area contributed by atoms with Crippen LogP contribution < -0.4 is 20.7 Å². The van der Waals surface area contributed by atoms with E-state index in [1.165, 1.54) is 18.2 Å². The van der Waals surface area contributed by atoms with Crippen molar-refractivity contribution in [2.24, 2.45) is 5.92 Å². The van der Waals surface area contributed by atoms with Crippen molar-refractivity contribution in [2.75, 3.05) is 6.61 Å². The molecule has 2 bridgehead atoms. The number of ether oxygens (including phenoxy) is 1. The quantitative estimate of drug-likeness (QED) is 0.166. The third-order valence-corrected chi connectivity index (χ3v) is 9.63. The van der Waals surface area contributed by atoms with Crippen LogP contribution in [-0.4, -0.2) is 64.3 Å². The highest BCUT2D eigenvalue weighted by atomic mass is 19.1. The standard InChI is InChI=1S/C44H41FN4O7/c45-36-9-5-4-8-33(36)25-37-40(50)26-34(44(54)55)22-28-12-16-35(17-13-28)56-27-41(51)47-38(24-30-18-20-46-21-19-30)42(52)49-39(43(53)48-37)23-29-10-14-32(15-11-29)31-6-2-1-3-7-31/h1-21,34,37-39H,22-27H2,(H,47,51)(H,48,53)(H,49,52)(H,54,55)/t34-,37-,38-,39+/m0/s1. The zero-order chi connectivity index (χ0) is 39.4. The number of nitrogens with one attached hydrogen (secondary N) is 3. The molecule has 0 saturated heterocycles. The fraction of sp³-hybridized carbons (Fsp3) is 0.227. The van der Waals surface area contributed by atoms with Crippen molar-refractivity contribution in [3.05, 3.63) is 156 Å². The minimum atomic E-state index is -1.34. The summed E-state index contributed by atoms with van der Waals surface area (Å²) < 4.78 is 20.7. The van der Waals surface area contributed by atoms with Gasteiger partial charge in [-0.25, -0.2) is 4.39 Å². The van der Waals surface area contributed by atoms with Gasteiger partial charge in [-0.2, -0.15) is 0 Å². The molecule has 3 heterocycles. The fourth-order valence-electron chi connectivity index (χ4n) is 6.57. The number of Topliss-reactive ketones (excluding diaryl/α,β-unsaturated/α-hetero) is 1. The molecule has 5 aromatic rings. The van der Waals surface area contributed by atoms with Gasteiger partial charge in [0.2, 0.25) is 11.8 Å². The van der Waals surface area contributed by atoms with Gasteiger partial charge in [0.05, 0.1) is 12.0 Å². The van der Waals surface area contributed by atoms with E-state index in [1.807, 2.05) is 54.6 Å². The molecular weight excluding hydrogens is 716 g/mol. The first-order valence-electron chi connectivity index (χ1n) is 18.3. The van der Waals surface area contributed by atoms with Crippen molar-refractivity contribution >= 4 is 29.5 Å². The van der Waals surface area contributed by atoms with Gasteiger partial charge in [-0.1, -0.05) is 84.9 Å². The predicted molar refractivity (Wildman–Crippen MR) is 206 cm³/mol. The number of rotatable bonds is 8. The number of carbonyl (C=O) groups is 5. The molecule has 4 N–H and O–H groups in total. The largest absolute Gasteiger partial charge is 0.484 e. The maximum absolute atomic E-state index is 15.0. The minimum Gasteiger partial charge on any atom is -0.484 e. The van der Waals surface area contributed by atoms with Gasteiger partial charge in [0.1, 0.15) is 23.7 Å². The number of carboxylic acids is 1. The number of carbonyl (C=O) groups excluding carboxylic acids is 4. The lowest BCUT2D eigenvalue weighted by molar-refractivity contribution is -0.144. The average molecular weight is 757 g/mol. The summed E-state index contributed by atoms with van der Waals surface area (Å²) in [6.07, 6.45) is 2.42. The summed E-state index contributed by atoms with van der Waals surface area (Å²) in [5.41, 5.74) is 4.03. The van der Waals surface area contributed by atoms with Crippen molar-refractivity contribution < 1.29 is 38.2 Å². The average Bonchev–Trinajstić information content (AvgIpc) is 3.21. The summed E-state index contributed by atoms with van der Waals surface area (Å²) in [5, 5.41) is 18.4. The van der Waals surface area contributed by atoms with Crippen molar-refractivity contribution in [3.8, 4) is 16.9 Å². The van der Waals surface area contributed by atoms with E-state index in [2.05, 4.69) is 20.9 Å². The van der Waals surface area contributed by atoms with Crippen LogP contribution in [0.3, 0.4) is 0 Å². The number of aromatic nitrogens is 1. The second kappa shape index (κ2) is 18.6. The van der Waals surface area contributed by atoms with Crippen LogP contribution in [0.2, 0.25) is 0 Å². The zero-order valence-electron chi connectivity index (χ0n) is 30.4. The normalized spacial score (nSPS) is 19.7. The van der Waals surface area contributed by atoms with Crippen molar-refractivity contribution in [2.45, 2.75) is 50.2 Å². The number of benzene rings is 4. The third kappa shape index (κ3) is 10.7. The molecule has 0 spiro atoms. The number of aliphatic carboxylic acids is 1. The maximum atomic E-state index is 15.0. The van der Waals surface area contributed by atoms with Gasteiger partial charge in [-0.3, -0.25) is 29.0 Å². The molecule has 56 heavy (non-hydrogen) atoms. The van der Waals surface area contributed by atoms with Crippen LogP contribution >= 0.6 is 0 Å². The van der Waals surface area contributed by atoms with Crippen LogP contribution in [0.1, 0.15) is 28.7 Å². The molecule has 0 unspecified atom stereocenters. The Morgan fingerprint density at radius 1 is 0.661 bits per heavy atom. The highest BCUT2D eigenvalue weighted by Crippen LogP contribution is 2.22. The Balaban J connectivity index is 1.36. The van der Waals surface area contributed by atoms with Gasteiger partial charge in [-0.05, 0) is 70.1 Å². The number of nitrogens with zero attached hydrogens (tertiary/aromatic N) is 1. The Kier molecular flexibility index (Phi) is 12.9. The van der Waals surface area contributed by atoms with Gasteiger partial charge < -0.3 is 25.8 Å². The summed E-state index contributed by atoms with van der Waals surface area (Å²) in [5.74, 6) is -5.30. The van der Waals surface area contributed by atoms with Crippen molar-refractivity contribution in [1.82, 2.24) is 20.9 Å². The molecule has 3 amide bonds. The maximum Gasteiger partial charge on any atom is 0.307 e. The summed E-state index contributed by atoms with van der Waals surface area (Å²) in [7, 11) is 0. The Morgan fingerprint density at radius 2 is 1.25 bits per heavy atom. The summed E-state index contributed by atoms with van der Waals surface area (Å²) in [6.45, 7) is -0.429. The highest BCUT2D eigenvalue weighted by Gasteiger charge is 2.33. The highest BCUT2D eigenvalue weighted by molar-refractivity contribution is 5.96. The summed E-state index contributed by atoms with van der Waals surface area (Å²) >= 11 is 0. The fourth-order valence-corrected chi connectivity index (χ4v) is 6.57. The van der Waals surface area contributed by atoms with Crippen LogP contribution in [0, 0.1) is 11.7 Å². The van der Waals surface area contributed by atoms with Crippen molar-refractivity contribution in [1.29, 1.82) is 0 Å². The molecule has 0 radical (unpaired) electrons. The molecule has 12 heteroatoms. The summed E-state index contributed by atoms with van der Waals surface area (Å²) in [4.78, 5) is 72.2. The Hall–Kier alpha value is -6.69. The SMILES string of the molecule is O=C1COc2ccc(cc2)C[C@H](C(=O)O)CC(=O)[C@H](Cc2ccccc2F)NC(=O)[C@@H](Cc2ccc(-c3ccccc3)cc2)NC(=O)[C@H](Cc2ccncc2)N1. The number of ketones is 1. The Labute approximate surface area is 323 Å². The number of carboxylic acid groups (broad SMARTS) is 1. The molecular formula is C44H41FN4O7. The predicted octanol–water partition coefficient (Wildman–Crippen LogP) is 4.67. The van der Waals surface area contributed by atoms with Crippen LogP contribution in [0.25, 0.3) is 11.1 Å². The number of pyridine rings is 1. The minimum absolute atomic E-state index is 0.0159. The van der Waals surface area contributed by atoms with E-state index in [0.717, 1.165) is 11.1 Å². The molecule has 0 fully saturated rings. The smallest absolute Gasteiger partial charge is 0.307 e. The molecule has 0 aliphatic carbocycles.